The smallest absolute Gasteiger partial charge is 0.159 e. The molecular formula is C14H26O. The standard InChI is InChI=1S/C6H6O.2C4H10/c7-6-4-2-1-3-5-6;2*1-4(2)3/h1-4H,5H2;2*4H,1-3H3. The van der Waals surface area contributed by atoms with Gasteiger partial charge in [-0.3, -0.25) is 4.79 Å². The fourth-order valence-corrected chi connectivity index (χ4v) is 0.494. The molecule has 1 heteroatoms. The maximum atomic E-state index is 10.3. The highest BCUT2D eigenvalue weighted by Gasteiger charge is 1.92. The quantitative estimate of drug-likeness (QED) is 0.579. The summed E-state index contributed by atoms with van der Waals surface area (Å²) in [4.78, 5) is 10.3. The highest BCUT2D eigenvalue weighted by molar-refractivity contribution is 5.92. The van der Waals surface area contributed by atoms with Gasteiger partial charge in [0, 0.05) is 6.42 Å². The summed E-state index contributed by atoms with van der Waals surface area (Å²) >= 11 is 0. The number of hydrogen-bond donors (Lipinski definition) is 0. The molecule has 0 aromatic rings. The minimum atomic E-state index is 0.197. The number of carbonyl (C=O) groups excluding carboxylic acids is 1. The Bertz CT molecular complexity index is 186. The molecule has 0 fully saturated rings. The molecule has 0 saturated heterocycles. The molecule has 0 aliphatic heterocycles. The van der Waals surface area contributed by atoms with Crippen molar-refractivity contribution in [2.24, 2.45) is 11.8 Å². The SMILES string of the molecule is CC(C)C.CC(C)C.O=C1C=CC=CC1. The lowest BCUT2D eigenvalue weighted by atomic mass is 10.2. The molecule has 0 aromatic carbocycles. The van der Waals surface area contributed by atoms with Gasteiger partial charge in [0.25, 0.3) is 0 Å². The maximum Gasteiger partial charge on any atom is 0.159 e. The van der Waals surface area contributed by atoms with E-state index in [1.807, 2.05) is 12.2 Å². The topological polar surface area (TPSA) is 17.1 Å². The Hall–Kier alpha value is -0.850. The maximum absolute atomic E-state index is 10.3. The van der Waals surface area contributed by atoms with Gasteiger partial charge in [-0.15, -0.1) is 0 Å². The first-order chi connectivity index (χ1) is 6.86. The zero-order valence-corrected chi connectivity index (χ0v) is 11.1. The molecule has 0 unspecified atom stereocenters. The molecule has 0 heterocycles. The number of allylic oxidation sites excluding steroid dienone is 4. The number of carbonyl (C=O) groups is 1. The van der Waals surface area contributed by atoms with E-state index in [-0.39, 0.29) is 5.78 Å². The molecule has 88 valence electrons. The van der Waals surface area contributed by atoms with Gasteiger partial charge in [0.15, 0.2) is 5.78 Å². The minimum Gasteiger partial charge on any atom is -0.295 e. The third-order valence-electron chi connectivity index (χ3n) is 0.848. The molecule has 1 nitrogen and oxygen atoms in total. The molecule has 1 rings (SSSR count). The van der Waals surface area contributed by atoms with Crippen molar-refractivity contribution in [3.63, 3.8) is 0 Å². The van der Waals surface area contributed by atoms with Crippen LogP contribution in [0.1, 0.15) is 48.0 Å². The Morgan fingerprint density at radius 1 is 0.933 bits per heavy atom. The Morgan fingerprint density at radius 3 is 1.47 bits per heavy atom. The summed E-state index contributed by atoms with van der Waals surface area (Å²) in [6, 6.07) is 0. The van der Waals surface area contributed by atoms with Crippen molar-refractivity contribution >= 4 is 5.78 Å². The molecule has 0 amide bonds. The minimum absolute atomic E-state index is 0.197. The Kier molecular flexibility index (Phi) is 12.4. The van der Waals surface area contributed by atoms with Gasteiger partial charge < -0.3 is 0 Å². The van der Waals surface area contributed by atoms with Crippen LogP contribution in [-0.2, 0) is 4.79 Å². The van der Waals surface area contributed by atoms with E-state index in [1.54, 1.807) is 12.2 Å². The van der Waals surface area contributed by atoms with Gasteiger partial charge in [0.2, 0.25) is 0 Å². The Labute approximate surface area is 95.3 Å². The molecule has 1 aliphatic carbocycles. The van der Waals surface area contributed by atoms with E-state index < -0.39 is 0 Å². The van der Waals surface area contributed by atoms with E-state index in [9.17, 15) is 4.79 Å². The summed E-state index contributed by atoms with van der Waals surface area (Å²) in [6.07, 6.45) is 7.64. The average molecular weight is 210 g/mol. The molecular weight excluding hydrogens is 184 g/mol. The molecule has 0 spiro atoms. The summed E-state index contributed by atoms with van der Waals surface area (Å²) in [5.41, 5.74) is 0. The van der Waals surface area contributed by atoms with Crippen molar-refractivity contribution in [2.75, 3.05) is 0 Å². The van der Waals surface area contributed by atoms with E-state index in [4.69, 9.17) is 0 Å². The van der Waals surface area contributed by atoms with E-state index in [2.05, 4.69) is 41.5 Å². The first-order valence-corrected chi connectivity index (χ1v) is 5.72. The molecule has 0 aromatic heterocycles. The normalized spacial score (nSPS) is 13.2. The third kappa shape index (κ3) is 32.0. The molecule has 0 atom stereocenters. The van der Waals surface area contributed by atoms with E-state index in [0.717, 1.165) is 11.8 Å². The lowest BCUT2D eigenvalue weighted by Gasteiger charge is -1.88. The van der Waals surface area contributed by atoms with Gasteiger partial charge in [-0.05, 0) is 17.9 Å². The van der Waals surface area contributed by atoms with Gasteiger partial charge >= 0.3 is 0 Å². The first-order valence-electron chi connectivity index (χ1n) is 5.72. The highest BCUT2D eigenvalue weighted by atomic mass is 16.1. The van der Waals surface area contributed by atoms with Gasteiger partial charge in [0.05, 0.1) is 0 Å². The van der Waals surface area contributed by atoms with Gasteiger partial charge in [-0.25, -0.2) is 0 Å². The first kappa shape index (κ1) is 16.6. The van der Waals surface area contributed by atoms with Crippen molar-refractivity contribution in [2.45, 2.75) is 48.0 Å². The van der Waals surface area contributed by atoms with Crippen LogP contribution < -0.4 is 0 Å². The van der Waals surface area contributed by atoms with Crippen molar-refractivity contribution in [3.8, 4) is 0 Å². The van der Waals surface area contributed by atoms with Crippen LogP contribution >= 0.6 is 0 Å². The van der Waals surface area contributed by atoms with Gasteiger partial charge in [-0.2, -0.15) is 0 Å². The van der Waals surface area contributed by atoms with Gasteiger partial charge in [0.1, 0.15) is 0 Å². The second kappa shape index (κ2) is 11.2. The zero-order valence-electron chi connectivity index (χ0n) is 11.1. The van der Waals surface area contributed by atoms with Crippen LogP contribution in [0.25, 0.3) is 0 Å². The monoisotopic (exact) mass is 210 g/mol. The Morgan fingerprint density at radius 2 is 1.33 bits per heavy atom. The molecule has 1 aliphatic rings. The fourth-order valence-electron chi connectivity index (χ4n) is 0.494. The van der Waals surface area contributed by atoms with Crippen LogP contribution in [0.2, 0.25) is 0 Å². The summed E-state index contributed by atoms with van der Waals surface area (Å²) in [5, 5.41) is 0. The largest absolute Gasteiger partial charge is 0.295 e. The fraction of sp³-hybridized carbons (Fsp3) is 0.643. The summed E-state index contributed by atoms with van der Waals surface area (Å²) in [7, 11) is 0. The molecule has 0 N–H and O–H groups in total. The van der Waals surface area contributed by atoms with Crippen molar-refractivity contribution in [3.05, 3.63) is 24.3 Å². The number of ketones is 1. The van der Waals surface area contributed by atoms with E-state index in [1.165, 1.54) is 0 Å². The Balaban J connectivity index is 0. The van der Waals surface area contributed by atoms with Crippen LogP contribution in [0.4, 0.5) is 0 Å². The van der Waals surface area contributed by atoms with Crippen molar-refractivity contribution < 1.29 is 4.79 Å². The molecule has 0 saturated carbocycles. The predicted molar refractivity (Wildman–Crippen MR) is 68.9 cm³/mol. The van der Waals surface area contributed by atoms with Gasteiger partial charge in [-0.1, -0.05) is 59.8 Å². The van der Waals surface area contributed by atoms with E-state index in [0.29, 0.717) is 6.42 Å². The summed E-state index contributed by atoms with van der Waals surface area (Å²) in [5.74, 6) is 1.86. The van der Waals surface area contributed by atoms with Crippen LogP contribution in [0.5, 0.6) is 0 Å². The lowest BCUT2D eigenvalue weighted by Crippen LogP contribution is -1.90. The van der Waals surface area contributed by atoms with Crippen LogP contribution in [0.15, 0.2) is 24.3 Å². The average Bonchev–Trinajstić information content (AvgIpc) is 2.03. The van der Waals surface area contributed by atoms with Crippen molar-refractivity contribution in [1.82, 2.24) is 0 Å². The van der Waals surface area contributed by atoms with Crippen molar-refractivity contribution in [1.29, 1.82) is 0 Å². The number of rotatable bonds is 0. The van der Waals surface area contributed by atoms with Crippen LogP contribution in [-0.4, -0.2) is 5.78 Å². The predicted octanol–water partition coefficient (Wildman–Crippen LogP) is 4.40. The zero-order chi connectivity index (χ0) is 12.3. The molecule has 0 bridgehead atoms. The number of hydrogen-bond acceptors (Lipinski definition) is 1. The van der Waals surface area contributed by atoms with Crippen LogP contribution in [0.3, 0.4) is 0 Å². The third-order valence-corrected chi connectivity index (χ3v) is 0.848. The van der Waals surface area contributed by atoms with Crippen LogP contribution in [0, 0.1) is 11.8 Å². The summed E-state index contributed by atoms with van der Waals surface area (Å²) in [6.45, 7) is 13.0. The second-order valence-electron chi connectivity index (χ2n) is 4.92. The molecule has 15 heavy (non-hydrogen) atoms. The van der Waals surface area contributed by atoms with E-state index >= 15 is 0 Å². The highest BCUT2D eigenvalue weighted by Crippen LogP contribution is 1.94. The second-order valence-corrected chi connectivity index (χ2v) is 4.92. The molecule has 0 radical (unpaired) electrons. The lowest BCUT2D eigenvalue weighted by molar-refractivity contribution is -0.113. The summed E-state index contributed by atoms with van der Waals surface area (Å²) < 4.78 is 0.